The zero-order chi connectivity index (χ0) is 10.4. The molecule has 1 aromatic carbocycles. The van der Waals surface area contributed by atoms with Crippen molar-refractivity contribution < 1.29 is 9.53 Å². The molecule has 0 atom stereocenters. The quantitative estimate of drug-likeness (QED) is 0.634. The number of para-hydroxylation sites is 1. The van der Waals surface area contributed by atoms with Gasteiger partial charge in [0.05, 0.1) is 0 Å². The molecule has 0 fully saturated rings. The molecule has 0 radical (unpaired) electrons. The Morgan fingerprint density at radius 2 is 2.00 bits per heavy atom. The number of amides is 1. The van der Waals surface area contributed by atoms with E-state index >= 15 is 0 Å². The number of ether oxygens (including phenoxy) is 1. The molecule has 0 spiro atoms. The van der Waals surface area contributed by atoms with Crippen LogP contribution in [-0.4, -0.2) is 13.1 Å². The summed E-state index contributed by atoms with van der Waals surface area (Å²) in [5, 5.41) is 0. The van der Waals surface area contributed by atoms with Crippen molar-refractivity contribution in [3.05, 3.63) is 30.3 Å². The smallest absolute Gasteiger partial charge is 0.355 e. The van der Waals surface area contributed by atoms with Gasteiger partial charge in [-0.25, -0.2) is 4.79 Å². The van der Waals surface area contributed by atoms with Crippen LogP contribution < -0.4 is 4.90 Å². The van der Waals surface area contributed by atoms with Crippen LogP contribution in [0.15, 0.2) is 30.3 Å². The van der Waals surface area contributed by atoms with Crippen molar-refractivity contribution in [2.45, 2.75) is 6.92 Å². The van der Waals surface area contributed by atoms with E-state index in [4.69, 9.17) is 0 Å². The van der Waals surface area contributed by atoms with Gasteiger partial charge in [0.25, 0.3) is 0 Å². The maximum Gasteiger partial charge on any atom is 0.428 e. The zero-order valence-electron chi connectivity index (χ0n) is 8.15. The summed E-state index contributed by atoms with van der Waals surface area (Å²) in [5.41, 5.74) is 0.774. The highest BCUT2D eigenvalue weighted by Crippen LogP contribution is 2.11. The van der Waals surface area contributed by atoms with Crippen molar-refractivity contribution in [3.63, 3.8) is 0 Å². The lowest BCUT2D eigenvalue weighted by molar-refractivity contribution is 0.200. The number of nitrogens with zero attached hydrogens (tertiary/aromatic N) is 1. The lowest BCUT2D eigenvalue weighted by Crippen LogP contribution is -2.25. The van der Waals surface area contributed by atoms with E-state index in [1.165, 1.54) is 4.90 Å². The van der Waals surface area contributed by atoms with Gasteiger partial charge in [0, 0.05) is 19.7 Å². The van der Waals surface area contributed by atoms with Gasteiger partial charge in [-0.1, -0.05) is 24.1 Å². The summed E-state index contributed by atoms with van der Waals surface area (Å²) < 4.78 is 4.63. The first-order valence-electron chi connectivity index (χ1n) is 4.17. The highest BCUT2D eigenvalue weighted by molar-refractivity contribution is 5.87. The van der Waals surface area contributed by atoms with Crippen LogP contribution in [0.5, 0.6) is 0 Å². The topological polar surface area (TPSA) is 29.5 Å². The zero-order valence-corrected chi connectivity index (χ0v) is 8.15. The number of hydrogen-bond acceptors (Lipinski definition) is 2. The fourth-order valence-corrected chi connectivity index (χ4v) is 0.920. The van der Waals surface area contributed by atoms with Crippen LogP contribution in [0, 0.1) is 12.0 Å². The molecule has 0 aliphatic heterocycles. The van der Waals surface area contributed by atoms with E-state index in [1.54, 1.807) is 14.0 Å². The van der Waals surface area contributed by atoms with E-state index in [9.17, 15) is 4.79 Å². The molecule has 0 saturated heterocycles. The maximum absolute atomic E-state index is 11.3. The first-order chi connectivity index (χ1) is 6.75. The Labute approximate surface area is 83.3 Å². The summed E-state index contributed by atoms with van der Waals surface area (Å²) in [6.07, 6.45) is 1.78. The molecule has 0 saturated carbocycles. The lowest BCUT2D eigenvalue weighted by atomic mass is 10.3. The fourth-order valence-electron chi connectivity index (χ4n) is 0.920. The minimum Gasteiger partial charge on any atom is -0.355 e. The van der Waals surface area contributed by atoms with E-state index in [2.05, 4.69) is 16.8 Å². The highest BCUT2D eigenvalue weighted by Gasteiger charge is 2.10. The molecule has 3 nitrogen and oxygen atoms in total. The number of benzene rings is 1. The van der Waals surface area contributed by atoms with Crippen molar-refractivity contribution in [1.82, 2.24) is 0 Å². The molecule has 3 heteroatoms. The number of anilines is 1. The summed E-state index contributed by atoms with van der Waals surface area (Å²) >= 11 is 0. The van der Waals surface area contributed by atoms with Crippen molar-refractivity contribution >= 4 is 11.8 Å². The van der Waals surface area contributed by atoms with E-state index in [0.29, 0.717) is 0 Å². The standard InChI is InChI=1S/C11H11NO2/c1-3-9-14-11(13)12(2)10-7-5-4-6-8-10/h4-8H,1-2H3. The third kappa shape index (κ3) is 2.53. The highest BCUT2D eigenvalue weighted by atomic mass is 16.5. The van der Waals surface area contributed by atoms with Crippen molar-refractivity contribution in [2.75, 3.05) is 11.9 Å². The normalized spacial score (nSPS) is 8.43. The van der Waals surface area contributed by atoms with Gasteiger partial charge in [-0.3, -0.25) is 4.90 Å². The predicted octanol–water partition coefficient (Wildman–Crippen LogP) is 2.24. The van der Waals surface area contributed by atoms with E-state index < -0.39 is 6.09 Å². The Morgan fingerprint density at radius 1 is 1.36 bits per heavy atom. The molecule has 0 N–H and O–H groups in total. The summed E-state index contributed by atoms with van der Waals surface area (Å²) in [6.45, 7) is 1.61. The Bertz CT molecular complexity index is 362. The molecular weight excluding hydrogens is 178 g/mol. The van der Waals surface area contributed by atoms with Crippen LogP contribution in [0.4, 0.5) is 10.5 Å². The fraction of sp³-hybridized carbons (Fsp3) is 0.182. The summed E-state index contributed by atoms with van der Waals surface area (Å²) in [6, 6.07) is 9.23. The Hall–Kier alpha value is -1.95. The van der Waals surface area contributed by atoms with Gasteiger partial charge in [-0.2, -0.15) is 0 Å². The van der Waals surface area contributed by atoms with Crippen LogP contribution in [-0.2, 0) is 4.74 Å². The van der Waals surface area contributed by atoms with Crippen molar-refractivity contribution in [1.29, 1.82) is 0 Å². The molecule has 0 heterocycles. The first kappa shape index (κ1) is 10.1. The Balaban J connectivity index is 2.69. The van der Waals surface area contributed by atoms with Gasteiger partial charge >= 0.3 is 6.09 Å². The number of carbonyl (C=O) groups excluding carboxylic acids is 1. The number of carbonyl (C=O) groups is 1. The second kappa shape index (κ2) is 4.93. The average molecular weight is 189 g/mol. The van der Waals surface area contributed by atoms with Crippen molar-refractivity contribution in [3.8, 4) is 12.0 Å². The first-order valence-corrected chi connectivity index (χ1v) is 4.17. The monoisotopic (exact) mass is 189 g/mol. The third-order valence-electron chi connectivity index (χ3n) is 1.66. The van der Waals surface area contributed by atoms with Gasteiger partial charge in [0.15, 0.2) is 0 Å². The third-order valence-corrected chi connectivity index (χ3v) is 1.66. The van der Waals surface area contributed by atoms with Crippen LogP contribution in [0.2, 0.25) is 0 Å². The van der Waals surface area contributed by atoms with Gasteiger partial charge in [-0.15, -0.1) is 0 Å². The van der Waals surface area contributed by atoms with Crippen LogP contribution in [0.1, 0.15) is 6.92 Å². The molecule has 0 aliphatic rings. The second-order valence-corrected chi connectivity index (χ2v) is 2.61. The van der Waals surface area contributed by atoms with Crippen LogP contribution in [0.25, 0.3) is 0 Å². The molecule has 72 valence electrons. The molecule has 0 bridgehead atoms. The number of hydrogen-bond donors (Lipinski definition) is 0. The summed E-state index contributed by atoms with van der Waals surface area (Å²) in [4.78, 5) is 12.7. The largest absolute Gasteiger partial charge is 0.428 e. The SMILES string of the molecule is CC#COC(=O)N(C)c1ccccc1. The van der Waals surface area contributed by atoms with Crippen LogP contribution in [0.3, 0.4) is 0 Å². The molecule has 0 unspecified atom stereocenters. The minimum absolute atomic E-state index is 0.481. The summed E-state index contributed by atoms with van der Waals surface area (Å²) in [7, 11) is 1.63. The van der Waals surface area contributed by atoms with Crippen molar-refractivity contribution in [2.24, 2.45) is 0 Å². The predicted molar refractivity (Wildman–Crippen MR) is 54.8 cm³/mol. The molecule has 1 rings (SSSR count). The van der Waals surface area contributed by atoms with E-state index in [0.717, 1.165) is 5.69 Å². The van der Waals surface area contributed by atoms with Gasteiger partial charge in [0.2, 0.25) is 0 Å². The second-order valence-electron chi connectivity index (χ2n) is 2.61. The lowest BCUT2D eigenvalue weighted by Gasteiger charge is -2.13. The minimum atomic E-state index is -0.481. The molecular formula is C11H11NO2. The Morgan fingerprint density at radius 3 is 2.57 bits per heavy atom. The maximum atomic E-state index is 11.3. The van der Waals surface area contributed by atoms with E-state index in [-0.39, 0.29) is 0 Å². The molecule has 0 aromatic heterocycles. The molecule has 0 aliphatic carbocycles. The molecule has 14 heavy (non-hydrogen) atoms. The summed E-state index contributed by atoms with van der Waals surface area (Å²) in [5.74, 6) is 2.49. The van der Waals surface area contributed by atoms with Gasteiger partial charge in [-0.05, 0) is 12.1 Å². The molecule has 1 amide bonds. The van der Waals surface area contributed by atoms with Gasteiger partial charge in [0.1, 0.15) is 6.11 Å². The molecule has 1 aromatic rings. The van der Waals surface area contributed by atoms with E-state index in [1.807, 2.05) is 30.3 Å². The average Bonchev–Trinajstić information content (AvgIpc) is 2.26. The Kier molecular flexibility index (Phi) is 3.57. The number of rotatable bonds is 1. The van der Waals surface area contributed by atoms with Crippen LogP contribution >= 0.6 is 0 Å². The van der Waals surface area contributed by atoms with Gasteiger partial charge < -0.3 is 4.74 Å².